The Bertz CT molecular complexity index is 3690. The quantitative estimate of drug-likeness (QED) is 0.132. The molecule has 69 heavy (non-hydrogen) atoms. The summed E-state index contributed by atoms with van der Waals surface area (Å²) in [6.07, 6.45) is 0. The molecule has 0 saturated heterocycles. The molecule has 0 aliphatic carbocycles. The molecule has 0 unspecified atom stereocenters. The Labute approximate surface area is 404 Å². The number of rotatable bonds is 10. The summed E-state index contributed by atoms with van der Waals surface area (Å²) < 4.78 is 0. The second-order valence-corrected chi connectivity index (χ2v) is 17.8. The Balaban J connectivity index is 1.03. The fourth-order valence-corrected chi connectivity index (χ4v) is 9.80. The molecule has 1 nitrogen and oxygen atoms in total. The lowest BCUT2D eigenvalue weighted by Gasteiger charge is -2.29. The van der Waals surface area contributed by atoms with Gasteiger partial charge in [-0.25, -0.2) is 0 Å². The summed E-state index contributed by atoms with van der Waals surface area (Å²) in [6, 6.07) is 104. The predicted octanol–water partition coefficient (Wildman–Crippen LogP) is 19.1. The third kappa shape index (κ3) is 8.51. The molecule has 0 fully saturated rings. The van der Waals surface area contributed by atoms with Crippen molar-refractivity contribution in [2.45, 2.75) is 0 Å². The van der Waals surface area contributed by atoms with Crippen LogP contribution in [-0.2, 0) is 0 Å². The van der Waals surface area contributed by atoms with Crippen LogP contribution >= 0.6 is 0 Å². The maximum Gasteiger partial charge on any atom is 0.0546 e. The third-order valence-corrected chi connectivity index (χ3v) is 13.4. The molecule has 0 amide bonds. The van der Waals surface area contributed by atoms with Crippen molar-refractivity contribution in [2.75, 3.05) is 4.90 Å². The van der Waals surface area contributed by atoms with Crippen LogP contribution in [0.3, 0.4) is 0 Å². The van der Waals surface area contributed by atoms with Crippen molar-refractivity contribution < 1.29 is 0 Å². The maximum absolute atomic E-state index is 2.44. The largest absolute Gasteiger partial charge is 0.310 e. The van der Waals surface area contributed by atoms with E-state index in [1.54, 1.807) is 0 Å². The second-order valence-electron chi connectivity index (χ2n) is 17.8. The summed E-state index contributed by atoms with van der Waals surface area (Å²) in [5.74, 6) is 0. The molecule has 12 aromatic carbocycles. The molecule has 0 saturated carbocycles. The normalized spacial score (nSPS) is 11.2. The zero-order valence-corrected chi connectivity index (χ0v) is 38.1. The average molecular weight is 878 g/mol. The van der Waals surface area contributed by atoms with Gasteiger partial charge in [0.1, 0.15) is 0 Å². The van der Waals surface area contributed by atoms with Crippen LogP contribution in [0.1, 0.15) is 0 Å². The van der Waals surface area contributed by atoms with Crippen molar-refractivity contribution in [2.24, 2.45) is 0 Å². The van der Waals surface area contributed by atoms with E-state index in [0.29, 0.717) is 0 Å². The minimum absolute atomic E-state index is 1.07. The second kappa shape index (κ2) is 18.3. The van der Waals surface area contributed by atoms with E-state index in [1.807, 2.05) is 0 Å². The molecule has 12 rings (SSSR count). The van der Waals surface area contributed by atoms with Crippen molar-refractivity contribution in [3.8, 4) is 77.9 Å². The van der Waals surface area contributed by atoms with Crippen LogP contribution in [0, 0.1) is 0 Å². The number of hydrogen-bond donors (Lipinski definition) is 0. The minimum Gasteiger partial charge on any atom is -0.310 e. The zero-order valence-electron chi connectivity index (χ0n) is 38.1. The highest BCUT2D eigenvalue weighted by Crippen LogP contribution is 2.45. The molecule has 0 aliphatic heterocycles. The highest BCUT2D eigenvalue weighted by atomic mass is 15.1. The highest BCUT2D eigenvalue weighted by molar-refractivity contribution is 5.96. The van der Waals surface area contributed by atoms with E-state index in [4.69, 9.17) is 0 Å². The van der Waals surface area contributed by atoms with Gasteiger partial charge in [-0.3, -0.25) is 0 Å². The van der Waals surface area contributed by atoms with Crippen LogP contribution in [-0.4, -0.2) is 0 Å². The standard InChI is InChI=1S/C68H47N/c1-4-15-48(16-5-1)57-25-14-26-58(41-57)53-31-36-65(37-32-53)69(66-38-33-54(34-39-66)64-45-62(49-17-6-2-7-18-49)44-63(46-64)50-19-8-3-9-20-50)68-47-60(59-29-27-51-21-10-12-23-55(51)42-59)35-40-67(68)61-30-28-52-22-11-13-24-56(52)43-61/h1-47H. The van der Waals surface area contributed by atoms with Crippen molar-refractivity contribution >= 4 is 38.6 Å². The molecule has 12 aromatic rings. The molecule has 0 aliphatic rings. The lowest BCUT2D eigenvalue weighted by atomic mass is 9.93. The smallest absolute Gasteiger partial charge is 0.0546 e. The maximum atomic E-state index is 2.44. The third-order valence-electron chi connectivity index (χ3n) is 13.4. The van der Waals surface area contributed by atoms with Gasteiger partial charge < -0.3 is 4.90 Å². The van der Waals surface area contributed by atoms with Crippen LogP contribution in [0.25, 0.3) is 99.4 Å². The first-order valence-electron chi connectivity index (χ1n) is 23.7. The van der Waals surface area contributed by atoms with Gasteiger partial charge in [0, 0.05) is 16.9 Å². The number of nitrogens with zero attached hydrogens (tertiary/aromatic N) is 1. The van der Waals surface area contributed by atoms with Crippen molar-refractivity contribution in [3.63, 3.8) is 0 Å². The lowest BCUT2D eigenvalue weighted by molar-refractivity contribution is 1.28. The van der Waals surface area contributed by atoms with Crippen LogP contribution < -0.4 is 4.90 Å². The summed E-state index contributed by atoms with van der Waals surface area (Å²) in [7, 11) is 0. The van der Waals surface area contributed by atoms with E-state index in [0.717, 1.165) is 39.3 Å². The molecule has 0 aromatic heterocycles. The van der Waals surface area contributed by atoms with Crippen LogP contribution in [0.4, 0.5) is 17.1 Å². The average Bonchev–Trinajstić information content (AvgIpc) is 3.44. The Morgan fingerprint density at radius 3 is 1.00 bits per heavy atom. The molecule has 324 valence electrons. The topological polar surface area (TPSA) is 3.24 Å². The fourth-order valence-electron chi connectivity index (χ4n) is 9.80. The van der Waals surface area contributed by atoms with Gasteiger partial charge in [-0.05, 0) is 161 Å². The van der Waals surface area contributed by atoms with Gasteiger partial charge in [0.05, 0.1) is 5.69 Å². The van der Waals surface area contributed by atoms with Crippen LogP contribution in [0.15, 0.2) is 285 Å². The van der Waals surface area contributed by atoms with Crippen LogP contribution in [0.5, 0.6) is 0 Å². The molecule has 0 spiro atoms. The number of benzene rings is 12. The van der Waals surface area contributed by atoms with Crippen molar-refractivity contribution in [3.05, 3.63) is 285 Å². The Kier molecular flexibility index (Phi) is 11.0. The fraction of sp³-hybridized carbons (Fsp3) is 0. The summed E-state index contributed by atoms with van der Waals surface area (Å²) in [6.45, 7) is 0. The van der Waals surface area contributed by atoms with E-state index in [9.17, 15) is 0 Å². The SMILES string of the molecule is c1ccc(-c2cccc(-c3ccc(N(c4ccc(-c5cc(-c6ccccc6)cc(-c6ccccc6)c5)cc4)c4cc(-c5ccc6ccccc6c5)ccc4-c4ccc5ccccc5c4)cc3)c2)cc1. The van der Waals surface area contributed by atoms with Gasteiger partial charge >= 0.3 is 0 Å². The van der Waals surface area contributed by atoms with E-state index in [-0.39, 0.29) is 0 Å². The van der Waals surface area contributed by atoms with Gasteiger partial charge in [-0.1, -0.05) is 218 Å². The highest BCUT2D eigenvalue weighted by Gasteiger charge is 2.20. The number of anilines is 3. The Hall–Kier alpha value is -9.04. The summed E-state index contributed by atoms with van der Waals surface area (Å²) in [4.78, 5) is 2.44. The molecule has 0 N–H and O–H groups in total. The number of hydrogen-bond acceptors (Lipinski definition) is 1. The summed E-state index contributed by atoms with van der Waals surface area (Å²) in [5.41, 5.74) is 19.7. The lowest BCUT2D eigenvalue weighted by Crippen LogP contribution is -2.11. The minimum atomic E-state index is 1.07. The van der Waals surface area contributed by atoms with Gasteiger partial charge in [-0.15, -0.1) is 0 Å². The van der Waals surface area contributed by atoms with E-state index >= 15 is 0 Å². The first-order chi connectivity index (χ1) is 34.2. The van der Waals surface area contributed by atoms with Gasteiger partial charge in [0.15, 0.2) is 0 Å². The monoisotopic (exact) mass is 877 g/mol. The van der Waals surface area contributed by atoms with E-state index in [1.165, 1.54) is 77.2 Å². The first kappa shape index (κ1) is 41.4. The predicted molar refractivity (Wildman–Crippen MR) is 294 cm³/mol. The molecule has 0 radical (unpaired) electrons. The van der Waals surface area contributed by atoms with Crippen molar-refractivity contribution in [1.82, 2.24) is 0 Å². The first-order valence-corrected chi connectivity index (χ1v) is 23.7. The van der Waals surface area contributed by atoms with Crippen molar-refractivity contribution in [1.29, 1.82) is 0 Å². The Morgan fingerprint density at radius 2 is 0.493 bits per heavy atom. The van der Waals surface area contributed by atoms with Crippen LogP contribution in [0.2, 0.25) is 0 Å². The molecule has 0 bridgehead atoms. The summed E-state index contributed by atoms with van der Waals surface area (Å²) >= 11 is 0. The molecule has 0 heterocycles. The van der Waals surface area contributed by atoms with Gasteiger partial charge in [0.2, 0.25) is 0 Å². The zero-order chi connectivity index (χ0) is 45.9. The Morgan fingerprint density at radius 1 is 0.174 bits per heavy atom. The molecule has 0 atom stereocenters. The molecule has 1 heteroatoms. The van der Waals surface area contributed by atoms with E-state index < -0.39 is 0 Å². The van der Waals surface area contributed by atoms with Gasteiger partial charge in [0.25, 0.3) is 0 Å². The molecular formula is C68H47N. The van der Waals surface area contributed by atoms with Gasteiger partial charge in [-0.2, -0.15) is 0 Å². The number of fused-ring (bicyclic) bond motifs is 2. The summed E-state index contributed by atoms with van der Waals surface area (Å²) in [5, 5.41) is 4.89. The molecular weight excluding hydrogens is 831 g/mol. The van der Waals surface area contributed by atoms with E-state index in [2.05, 4.69) is 290 Å².